The van der Waals surface area contributed by atoms with Crippen LogP contribution >= 0.6 is 0 Å². The van der Waals surface area contributed by atoms with Gasteiger partial charge in [0, 0.05) is 23.0 Å². The third kappa shape index (κ3) is 7.50. The van der Waals surface area contributed by atoms with Crippen molar-refractivity contribution in [2.24, 2.45) is 0 Å². The third-order valence-electron chi connectivity index (χ3n) is 5.44. The van der Waals surface area contributed by atoms with E-state index in [1.807, 2.05) is 0 Å². The minimum absolute atomic E-state index is 0.0579. The van der Waals surface area contributed by atoms with Crippen molar-refractivity contribution in [1.29, 1.82) is 0 Å². The molecule has 0 spiro atoms. The first kappa shape index (κ1) is 24.1. The maximum absolute atomic E-state index is 12.4. The second-order valence-corrected chi connectivity index (χ2v) is 7.95. The van der Waals surface area contributed by atoms with Gasteiger partial charge in [0.2, 0.25) is 0 Å². The molecule has 0 aliphatic heterocycles. The van der Waals surface area contributed by atoms with Gasteiger partial charge in [-0.25, -0.2) is 9.59 Å². The number of anilines is 2. The van der Waals surface area contributed by atoms with Crippen LogP contribution in [0.1, 0.15) is 47.2 Å². The topological polar surface area (TPSA) is 114 Å². The Hall–Kier alpha value is -3.58. The molecule has 7 heteroatoms. The number of nitrogens with two attached hydrogens (primary N) is 2. The molecule has 7 nitrogen and oxygen atoms in total. The van der Waals surface area contributed by atoms with Gasteiger partial charge in [-0.15, -0.1) is 6.58 Å². The highest BCUT2D eigenvalue weighted by Crippen LogP contribution is 2.24. The molecule has 0 atom stereocenters. The summed E-state index contributed by atoms with van der Waals surface area (Å²) in [6.45, 7) is 4.26. The van der Waals surface area contributed by atoms with Gasteiger partial charge < -0.3 is 25.7 Å². The lowest BCUT2D eigenvalue weighted by Gasteiger charge is -2.28. The van der Waals surface area contributed by atoms with Crippen LogP contribution in [0, 0.1) is 0 Å². The molecule has 4 N–H and O–H groups in total. The molecule has 1 aliphatic rings. The van der Waals surface area contributed by atoms with Gasteiger partial charge in [-0.05, 0) is 61.6 Å². The first-order valence-corrected chi connectivity index (χ1v) is 11.0. The van der Waals surface area contributed by atoms with E-state index in [1.165, 1.54) is 6.08 Å². The van der Waals surface area contributed by atoms with Crippen LogP contribution in [0.2, 0.25) is 0 Å². The Bertz CT molecular complexity index is 992. The second kappa shape index (κ2) is 11.9. The smallest absolute Gasteiger partial charge is 0.338 e. The lowest BCUT2D eigenvalue weighted by atomic mass is 9.95. The summed E-state index contributed by atoms with van der Waals surface area (Å²) in [7, 11) is 0. The Kier molecular flexibility index (Phi) is 8.66. The van der Waals surface area contributed by atoms with E-state index < -0.39 is 5.97 Å². The van der Waals surface area contributed by atoms with Crippen LogP contribution in [0.3, 0.4) is 0 Å². The highest BCUT2D eigenvalue weighted by molar-refractivity contribution is 5.90. The zero-order valence-corrected chi connectivity index (χ0v) is 18.6. The summed E-state index contributed by atoms with van der Waals surface area (Å²) >= 11 is 0. The molecule has 0 radical (unpaired) electrons. The van der Waals surface area contributed by atoms with Gasteiger partial charge >= 0.3 is 11.9 Å². The van der Waals surface area contributed by atoms with Crippen LogP contribution in [0.5, 0.6) is 0 Å². The molecule has 0 saturated heterocycles. The van der Waals surface area contributed by atoms with Crippen molar-refractivity contribution in [1.82, 2.24) is 0 Å². The fourth-order valence-electron chi connectivity index (χ4n) is 3.58. The van der Waals surface area contributed by atoms with E-state index in [0.29, 0.717) is 29.1 Å². The predicted molar refractivity (Wildman–Crippen MR) is 128 cm³/mol. The zero-order chi connectivity index (χ0) is 23.6. The number of benzene rings is 2. The SMILES string of the molecule is C=CCOC1CCC(OC(=O)c2ccc(/C=C/C(=O)OCc3ccc(N)cc3N)cc2)CC1. The molecule has 1 aliphatic carbocycles. The normalized spacial score (nSPS) is 18.1. The minimum atomic E-state index is -0.498. The molecule has 3 rings (SSSR count). The molecular formula is C26H30N2O5. The van der Waals surface area contributed by atoms with E-state index in [1.54, 1.807) is 54.6 Å². The van der Waals surface area contributed by atoms with Crippen LogP contribution in [0.4, 0.5) is 11.4 Å². The van der Waals surface area contributed by atoms with Crippen LogP contribution in [-0.2, 0) is 25.6 Å². The van der Waals surface area contributed by atoms with Crippen molar-refractivity contribution < 1.29 is 23.8 Å². The van der Waals surface area contributed by atoms with Gasteiger partial charge in [0.25, 0.3) is 0 Å². The van der Waals surface area contributed by atoms with Crippen molar-refractivity contribution in [2.45, 2.75) is 44.5 Å². The average Bonchev–Trinajstić information content (AvgIpc) is 2.82. The molecular weight excluding hydrogens is 420 g/mol. The quantitative estimate of drug-likeness (QED) is 0.254. The van der Waals surface area contributed by atoms with Gasteiger partial charge in [0.05, 0.1) is 18.3 Å². The Labute approximate surface area is 194 Å². The van der Waals surface area contributed by atoms with Crippen LogP contribution < -0.4 is 11.5 Å². The molecule has 174 valence electrons. The van der Waals surface area contributed by atoms with Crippen LogP contribution in [0.25, 0.3) is 6.08 Å². The molecule has 2 aromatic rings. The van der Waals surface area contributed by atoms with Crippen LogP contribution in [0.15, 0.2) is 61.2 Å². The van der Waals surface area contributed by atoms with Gasteiger partial charge in [-0.3, -0.25) is 0 Å². The molecule has 33 heavy (non-hydrogen) atoms. The fourth-order valence-corrected chi connectivity index (χ4v) is 3.58. The highest BCUT2D eigenvalue weighted by Gasteiger charge is 2.24. The molecule has 0 amide bonds. The number of hydrogen-bond acceptors (Lipinski definition) is 7. The summed E-state index contributed by atoms with van der Waals surface area (Å²) in [4.78, 5) is 24.4. The number of carbonyl (C=O) groups is 2. The number of carbonyl (C=O) groups excluding carboxylic acids is 2. The number of rotatable bonds is 9. The second-order valence-electron chi connectivity index (χ2n) is 7.95. The van der Waals surface area contributed by atoms with E-state index in [4.69, 9.17) is 25.7 Å². The maximum Gasteiger partial charge on any atom is 0.338 e. The average molecular weight is 451 g/mol. The number of esters is 2. The van der Waals surface area contributed by atoms with E-state index in [9.17, 15) is 9.59 Å². The molecule has 2 aromatic carbocycles. The van der Waals surface area contributed by atoms with E-state index >= 15 is 0 Å². The number of nitrogen functional groups attached to an aromatic ring is 2. The lowest BCUT2D eigenvalue weighted by molar-refractivity contribution is -0.138. The van der Waals surface area contributed by atoms with Gasteiger partial charge in [-0.1, -0.05) is 24.3 Å². The molecule has 0 unspecified atom stereocenters. The number of ether oxygens (including phenoxy) is 3. The van der Waals surface area contributed by atoms with Crippen LogP contribution in [-0.4, -0.2) is 30.8 Å². The summed E-state index contributed by atoms with van der Waals surface area (Å²) in [5, 5.41) is 0. The zero-order valence-electron chi connectivity index (χ0n) is 18.6. The first-order chi connectivity index (χ1) is 15.9. The summed E-state index contributed by atoms with van der Waals surface area (Å²) in [5.74, 6) is -0.844. The Morgan fingerprint density at radius 3 is 2.36 bits per heavy atom. The van der Waals surface area contributed by atoms with Crippen molar-refractivity contribution in [3.8, 4) is 0 Å². The van der Waals surface area contributed by atoms with Crippen molar-refractivity contribution >= 4 is 29.4 Å². The maximum atomic E-state index is 12.4. The van der Waals surface area contributed by atoms with Crippen molar-refractivity contribution in [3.05, 3.63) is 77.9 Å². The monoisotopic (exact) mass is 450 g/mol. The summed E-state index contributed by atoms with van der Waals surface area (Å²) in [6.07, 6.45) is 8.13. The lowest BCUT2D eigenvalue weighted by Crippen LogP contribution is -2.28. The van der Waals surface area contributed by atoms with E-state index in [0.717, 1.165) is 31.2 Å². The molecule has 0 heterocycles. The molecule has 1 fully saturated rings. The van der Waals surface area contributed by atoms with Gasteiger partial charge in [0.1, 0.15) is 12.7 Å². The largest absolute Gasteiger partial charge is 0.459 e. The van der Waals surface area contributed by atoms with Gasteiger partial charge in [0.15, 0.2) is 0 Å². The summed E-state index contributed by atoms with van der Waals surface area (Å²) in [6, 6.07) is 11.9. The van der Waals surface area contributed by atoms with Crippen molar-refractivity contribution in [3.63, 3.8) is 0 Å². The molecule has 1 saturated carbocycles. The molecule has 0 aromatic heterocycles. The highest BCUT2D eigenvalue weighted by atomic mass is 16.5. The standard InChI is InChI=1S/C26H30N2O5/c1-2-15-31-22-10-12-23(13-11-22)33-26(30)19-6-3-18(4-7-19)5-14-25(29)32-17-20-8-9-21(27)16-24(20)28/h2-9,14,16,22-23H,1,10-13,15,17,27-28H2/b14-5+. The summed E-state index contributed by atoms with van der Waals surface area (Å²) in [5.41, 5.74) is 14.5. The summed E-state index contributed by atoms with van der Waals surface area (Å²) < 4.78 is 16.5. The van der Waals surface area contributed by atoms with E-state index in [2.05, 4.69) is 6.58 Å². The van der Waals surface area contributed by atoms with Gasteiger partial charge in [-0.2, -0.15) is 0 Å². The Morgan fingerprint density at radius 2 is 1.70 bits per heavy atom. The third-order valence-corrected chi connectivity index (χ3v) is 5.44. The Morgan fingerprint density at radius 1 is 1.00 bits per heavy atom. The fraction of sp³-hybridized carbons (Fsp3) is 0.308. The Balaban J connectivity index is 1.44. The predicted octanol–water partition coefficient (Wildman–Crippen LogP) is 4.28. The molecule has 0 bridgehead atoms. The van der Waals surface area contributed by atoms with Crippen molar-refractivity contribution in [2.75, 3.05) is 18.1 Å². The minimum Gasteiger partial charge on any atom is -0.459 e. The number of hydrogen-bond donors (Lipinski definition) is 2. The van der Waals surface area contributed by atoms with E-state index in [-0.39, 0.29) is 24.8 Å². The first-order valence-electron chi connectivity index (χ1n) is 11.0.